The SMILES string of the molecule is CCCOc1ccccc1C1C(C(=O)c2sc(C)nc2C)=C(O)C(=O)N1c1nc(C)c(C(=O)OC)s1. The van der Waals surface area contributed by atoms with Crippen LogP contribution in [0.25, 0.3) is 0 Å². The van der Waals surface area contributed by atoms with Gasteiger partial charge in [0, 0.05) is 5.56 Å². The van der Waals surface area contributed by atoms with Gasteiger partial charge < -0.3 is 14.6 Å². The average molecular weight is 528 g/mol. The molecular weight excluding hydrogens is 502 g/mol. The number of nitrogens with zero attached hydrogens (tertiary/aromatic N) is 3. The molecule has 188 valence electrons. The summed E-state index contributed by atoms with van der Waals surface area (Å²) in [5.74, 6) is -2.08. The smallest absolute Gasteiger partial charge is 0.350 e. The zero-order valence-corrected chi connectivity index (χ0v) is 22.1. The summed E-state index contributed by atoms with van der Waals surface area (Å²) in [7, 11) is 1.26. The van der Waals surface area contributed by atoms with Crippen LogP contribution in [0.15, 0.2) is 35.6 Å². The number of hydrogen-bond donors (Lipinski definition) is 1. The molecule has 1 amide bonds. The zero-order chi connectivity index (χ0) is 26.1. The fourth-order valence-electron chi connectivity index (χ4n) is 4.01. The van der Waals surface area contributed by atoms with E-state index < -0.39 is 29.5 Å². The van der Waals surface area contributed by atoms with Crippen molar-refractivity contribution in [2.45, 2.75) is 40.2 Å². The largest absolute Gasteiger partial charge is 0.503 e. The van der Waals surface area contributed by atoms with Crippen molar-refractivity contribution in [2.24, 2.45) is 0 Å². The molecular formula is C25H25N3O6S2. The third-order valence-corrected chi connectivity index (χ3v) is 7.81. The first kappa shape index (κ1) is 25.5. The molecule has 1 N–H and O–H groups in total. The number of carbonyl (C=O) groups is 3. The van der Waals surface area contributed by atoms with E-state index in [1.54, 1.807) is 45.0 Å². The Morgan fingerprint density at radius 1 is 1.08 bits per heavy atom. The van der Waals surface area contributed by atoms with Gasteiger partial charge in [-0.2, -0.15) is 0 Å². The predicted molar refractivity (Wildman–Crippen MR) is 136 cm³/mol. The number of ketones is 1. The van der Waals surface area contributed by atoms with E-state index >= 15 is 0 Å². The van der Waals surface area contributed by atoms with Crippen molar-refractivity contribution in [3.8, 4) is 5.75 Å². The molecule has 1 unspecified atom stereocenters. The van der Waals surface area contributed by atoms with Crippen LogP contribution in [0.3, 0.4) is 0 Å². The van der Waals surface area contributed by atoms with Crippen LogP contribution >= 0.6 is 22.7 Å². The Kier molecular flexibility index (Phi) is 7.23. The van der Waals surface area contributed by atoms with Crippen LogP contribution in [0.5, 0.6) is 5.75 Å². The first-order valence-corrected chi connectivity index (χ1v) is 12.9. The van der Waals surface area contributed by atoms with Gasteiger partial charge in [0.15, 0.2) is 10.9 Å². The van der Waals surface area contributed by atoms with Gasteiger partial charge >= 0.3 is 5.97 Å². The first-order valence-electron chi connectivity index (χ1n) is 11.2. The monoisotopic (exact) mass is 527 g/mol. The lowest BCUT2D eigenvalue weighted by atomic mass is 9.94. The summed E-state index contributed by atoms with van der Waals surface area (Å²) in [4.78, 5) is 50.1. The Morgan fingerprint density at radius 3 is 2.42 bits per heavy atom. The minimum absolute atomic E-state index is 0.0910. The summed E-state index contributed by atoms with van der Waals surface area (Å²) in [6, 6.07) is 6.02. The Hall–Kier alpha value is -3.57. The molecule has 0 bridgehead atoms. The van der Waals surface area contributed by atoms with Gasteiger partial charge in [0.05, 0.1) is 40.6 Å². The summed E-state index contributed by atoms with van der Waals surface area (Å²) in [6.45, 7) is 7.52. The number of thiazole rings is 2. The number of carbonyl (C=O) groups excluding carboxylic acids is 3. The maximum atomic E-state index is 13.8. The normalized spacial score (nSPS) is 15.5. The number of para-hydroxylation sites is 1. The highest BCUT2D eigenvalue weighted by atomic mass is 32.1. The highest BCUT2D eigenvalue weighted by Crippen LogP contribution is 2.46. The van der Waals surface area contributed by atoms with Gasteiger partial charge in [-0.1, -0.05) is 36.5 Å². The number of rotatable bonds is 8. The van der Waals surface area contributed by atoms with Gasteiger partial charge in [0.25, 0.3) is 5.91 Å². The lowest BCUT2D eigenvalue weighted by Crippen LogP contribution is -2.31. The second-order valence-corrected chi connectivity index (χ2v) is 10.3. The third-order valence-electron chi connectivity index (χ3n) is 5.60. The van der Waals surface area contributed by atoms with Crippen molar-refractivity contribution in [1.82, 2.24) is 9.97 Å². The van der Waals surface area contributed by atoms with E-state index in [9.17, 15) is 19.5 Å². The van der Waals surface area contributed by atoms with Gasteiger partial charge in [-0.3, -0.25) is 14.5 Å². The fourth-order valence-corrected chi connectivity index (χ4v) is 5.90. The quantitative estimate of drug-likeness (QED) is 0.325. The Morgan fingerprint density at radius 2 is 1.78 bits per heavy atom. The molecule has 0 spiro atoms. The van der Waals surface area contributed by atoms with Crippen molar-refractivity contribution < 1.29 is 29.0 Å². The van der Waals surface area contributed by atoms with Gasteiger partial charge in [-0.05, 0) is 33.3 Å². The Labute approximate surface area is 216 Å². The molecule has 0 saturated carbocycles. The minimum Gasteiger partial charge on any atom is -0.503 e. The van der Waals surface area contributed by atoms with Crippen LogP contribution < -0.4 is 9.64 Å². The number of ether oxygens (including phenoxy) is 2. The minimum atomic E-state index is -1.03. The number of methoxy groups -OCH3 is 1. The number of aliphatic hydroxyl groups excluding tert-OH is 1. The molecule has 11 heteroatoms. The maximum Gasteiger partial charge on any atom is 0.350 e. The summed E-state index contributed by atoms with van der Waals surface area (Å²) < 4.78 is 10.8. The number of Topliss-reactive ketones (excluding diaryl/α,β-unsaturated/α-hetero) is 1. The zero-order valence-electron chi connectivity index (χ0n) is 20.4. The standard InChI is InChI=1S/C25H25N3O6S2/c1-6-11-34-16-10-8-7-9-15(16)18-17(19(29)21-12(2)26-14(4)35-21)20(30)23(31)28(18)25-27-13(3)22(36-25)24(32)33-5/h7-10,18,30H,6,11H2,1-5H3. The molecule has 9 nitrogen and oxygen atoms in total. The number of anilines is 1. The summed E-state index contributed by atoms with van der Waals surface area (Å²) in [5.41, 5.74) is 1.31. The summed E-state index contributed by atoms with van der Waals surface area (Å²) >= 11 is 2.15. The molecule has 0 fully saturated rings. The van der Waals surface area contributed by atoms with Gasteiger partial charge in [-0.25, -0.2) is 14.8 Å². The van der Waals surface area contributed by atoms with Crippen LogP contribution in [0, 0.1) is 20.8 Å². The van der Waals surface area contributed by atoms with Crippen molar-refractivity contribution in [2.75, 3.05) is 18.6 Å². The molecule has 0 aliphatic carbocycles. The van der Waals surface area contributed by atoms with Crippen LogP contribution in [-0.2, 0) is 9.53 Å². The summed E-state index contributed by atoms with van der Waals surface area (Å²) in [6.07, 6.45) is 0.752. The van der Waals surface area contributed by atoms with Crippen molar-refractivity contribution >= 4 is 45.5 Å². The van der Waals surface area contributed by atoms with E-state index in [2.05, 4.69) is 9.97 Å². The molecule has 0 saturated heterocycles. The van der Waals surface area contributed by atoms with E-state index in [0.717, 1.165) is 17.8 Å². The van der Waals surface area contributed by atoms with E-state index in [0.29, 0.717) is 39.2 Å². The number of benzene rings is 1. The van der Waals surface area contributed by atoms with Crippen molar-refractivity contribution in [1.29, 1.82) is 0 Å². The summed E-state index contributed by atoms with van der Waals surface area (Å²) in [5, 5.41) is 11.9. The van der Waals surface area contributed by atoms with Gasteiger partial charge in [0.2, 0.25) is 5.78 Å². The average Bonchev–Trinajstić information content (AvgIpc) is 3.49. The van der Waals surface area contributed by atoms with Crippen LogP contribution in [0.1, 0.15) is 60.7 Å². The maximum absolute atomic E-state index is 13.8. The van der Waals surface area contributed by atoms with Crippen molar-refractivity contribution in [3.63, 3.8) is 0 Å². The third kappa shape index (κ3) is 4.40. The highest BCUT2D eigenvalue weighted by molar-refractivity contribution is 7.17. The van der Waals surface area contributed by atoms with Gasteiger partial charge in [-0.15, -0.1) is 11.3 Å². The van der Waals surface area contributed by atoms with E-state index in [1.165, 1.54) is 23.3 Å². The lowest BCUT2D eigenvalue weighted by Gasteiger charge is -2.26. The number of hydrogen-bond acceptors (Lipinski definition) is 10. The van der Waals surface area contributed by atoms with E-state index in [-0.39, 0.29) is 15.6 Å². The number of esters is 1. The Bertz CT molecular complexity index is 1390. The molecule has 36 heavy (non-hydrogen) atoms. The first-order chi connectivity index (χ1) is 17.2. The molecule has 2 aromatic heterocycles. The van der Waals surface area contributed by atoms with Crippen LogP contribution in [0.4, 0.5) is 5.13 Å². The topological polar surface area (TPSA) is 119 Å². The second kappa shape index (κ2) is 10.2. The molecule has 1 aromatic carbocycles. The molecule has 1 aliphatic heterocycles. The fraction of sp³-hybridized carbons (Fsp3) is 0.320. The van der Waals surface area contributed by atoms with E-state index in [4.69, 9.17) is 9.47 Å². The van der Waals surface area contributed by atoms with E-state index in [1.807, 2.05) is 6.92 Å². The molecule has 1 aliphatic rings. The number of aliphatic hydroxyl groups is 1. The molecule has 1 atom stereocenters. The Balaban J connectivity index is 1.92. The van der Waals surface area contributed by atoms with Gasteiger partial charge in [0.1, 0.15) is 16.7 Å². The molecule has 3 aromatic rings. The molecule has 3 heterocycles. The van der Waals surface area contributed by atoms with Crippen LogP contribution in [0.2, 0.25) is 0 Å². The predicted octanol–water partition coefficient (Wildman–Crippen LogP) is 4.88. The highest BCUT2D eigenvalue weighted by Gasteiger charge is 2.47. The molecule has 0 radical (unpaired) electrons. The lowest BCUT2D eigenvalue weighted by molar-refractivity contribution is -0.117. The molecule has 4 rings (SSSR count). The number of aryl methyl sites for hydroxylation is 3. The second-order valence-electron chi connectivity index (χ2n) is 8.11. The van der Waals surface area contributed by atoms with Crippen LogP contribution in [-0.4, -0.2) is 46.5 Å². The van der Waals surface area contributed by atoms with Crippen molar-refractivity contribution in [3.05, 3.63) is 67.3 Å². The number of aromatic nitrogens is 2. The number of amides is 1.